The van der Waals surface area contributed by atoms with E-state index < -0.39 is 0 Å². The molecule has 5 nitrogen and oxygen atoms in total. The molecule has 1 aromatic carbocycles. The van der Waals surface area contributed by atoms with Gasteiger partial charge in [-0.3, -0.25) is 0 Å². The molecule has 0 amide bonds. The van der Waals surface area contributed by atoms with Crippen LogP contribution in [0.5, 0.6) is 11.5 Å². The molecule has 0 aliphatic carbocycles. The third-order valence-corrected chi connectivity index (χ3v) is 4.68. The Balaban J connectivity index is 1.82. The van der Waals surface area contributed by atoms with E-state index in [1.807, 2.05) is 24.3 Å². The van der Waals surface area contributed by atoms with E-state index in [2.05, 4.69) is 11.9 Å². The van der Waals surface area contributed by atoms with Crippen molar-refractivity contribution in [2.75, 3.05) is 0 Å². The fraction of sp³-hybridized carbons (Fsp3) is 0.364. The third-order valence-electron chi connectivity index (χ3n) is 4.68. The number of unbranched alkanes of at least 4 members (excludes halogenated alkanes) is 5. The zero-order valence-electron chi connectivity index (χ0n) is 15.8. The summed E-state index contributed by atoms with van der Waals surface area (Å²) in [7, 11) is 0. The summed E-state index contributed by atoms with van der Waals surface area (Å²) in [6.45, 7) is 2.23. The first-order valence-electron chi connectivity index (χ1n) is 9.71. The number of aryl methyl sites for hydroxylation is 1. The van der Waals surface area contributed by atoms with Crippen LogP contribution in [0.25, 0.3) is 17.1 Å². The summed E-state index contributed by atoms with van der Waals surface area (Å²) in [4.78, 5) is 4.41. The predicted molar refractivity (Wildman–Crippen MR) is 107 cm³/mol. The Labute approximate surface area is 160 Å². The monoisotopic (exact) mass is 365 g/mol. The highest BCUT2D eigenvalue weighted by Gasteiger charge is 2.14. The molecular formula is C22H27N3O2. The third kappa shape index (κ3) is 4.88. The number of aromatic nitrogens is 3. The van der Waals surface area contributed by atoms with Crippen LogP contribution in [0.3, 0.4) is 0 Å². The smallest absolute Gasteiger partial charge is 0.158 e. The molecule has 0 spiro atoms. The molecule has 2 heterocycles. The van der Waals surface area contributed by atoms with Crippen LogP contribution in [0, 0.1) is 0 Å². The first-order chi connectivity index (χ1) is 13.2. The second-order valence-corrected chi connectivity index (χ2v) is 6.84. The number of aromatic hydroxyl groups is 2. The average Bonchev–Trinajstić information content (AvgIpc) is 3.12. The van der Waals surface area contributed by atoms with Crippen molar-refractivity contribution in [3.63, 3.8) is 0 Å². The van der Waals surface area contributed by atoms with E-state index in [0.717, 1.165) is 35.6 Å². The number of nitrogens with zero attached hydrogens (tertiary/aromatic N) is 3. The number of rotatable bonds is 9. The van der Waals surface area contributed by atoms with Gasteiger partial charge in [0, 0.05) is 11.8 Å². The van der Waals surface area contributed by atoms with Gasteiger partial charge in [0.1, 0.15) is 0 Å². The molecule has 0 fully saturated rings. The summed E-state index contributed by atoms with van der Waals surface area (Å²) < 4.78 is 1.80. The average molecular weight is 365 g/mol. The van der Waals surface area contributed by atoms with E-state index in [0.29, 0.717) is 0 Å². The van der Waals surface area contributed by atoms with Crippen molar-refractivity contribution in [2.45, 2.75) is 51.9 Å². The summed E-state index contributed by atoms with van der Waals surface area (Å²) in [6.07, 6.45) is 10.1. The van der Waals surface area contributed by atoms with E-state index in [1.165, 1.54) is 38.2 Å². The lowest BCUT2D eigenvalue weighted by molar-refractivity contribution is 0.404. The molecule has 0 unspecified atom stereocenters. The molecule has 5 heteroatoms. The Hall–Kier alpha value is -2.82. The highest BCUT2D eigenvalue weighted by Crippen LogP contribution is 2.32. The maximum atomic E-state index is 9.88. The lowest BCUT2D eigenvalue weighted by atomic mass is 10.1. The van der Waals surface area contributed by atoms with E-state index in [4.69, 9.17) is 5.10 Å². The van der Waals surface area contributed by atoms with E-state index in [9.17, 15) is 10.2 Å². The van der Waals surface area contributed by atoms with E-state index >= 15 is 0 Å². The molecular weight excluding hydrogens is 338 g/mol. The SMILES string of the molecule is CCCCCCCCc1cc(-c2ccc(O)c(O)c2)n(-c2ccccn2)n1. The van der Waals surface area contributed by atoms with Crippen LogP contribution in [0.15, 0.2) is 48.7 Å². The summed E-state index contributed by atoms with van der Waals surface area (Å²) in [6, 6.07) is 12.6. The van der Waals surface area contributed by atoms with Crippen molar-refractivity contribution in [2.24, 2.45) is 0 Å². The molecule has 0 aliphatic rings. The summed E-state index contributed by atoms with van der Waals surface area (Å²) in [5.41, 5.74) is 2.65. The lowest BCUT2D eigenvalue weighted by Gasteiger charge is -2.07. The van der Waals surface area contributed by atoms with Crippen LogP contribution in [0.4, 0.5) is 0 Å². The molecule has 2 aromatic heterocycles. The van der Waals surface area contributed by atoms with Crippen molar-refractivity contribution < 1.29 is 10.2 Å². The van der Waals surface area contributed by atoms with Crippen molar-refractivity contribution in [1.82, 2.24) is 14.8 Å². The second-order valence-electron chi connectivity index (χ2n) is 6.84. The highest BCUT2D eigenvalue weighted by molar-refractivity contribution is 5.65. The van der Waals surface area contributed by atoms with Gasteiger partial charge in [-0.05, 0) is 49.2 Å². The van der Waals surface area contributed by atoms with Gasteiger partial charge in [0.15, 0.2) is 17.3 Å². The normalized spacial score (nSPS) is 11.0. The zero-order valence-corrected chi connectivity index (χ0v) is 15.8. The van der Waals surface area contributed by atoms with E-state index in [1.54, 1.807) is 23.0 Å². The first-order valence-corrected chi connectivity index (χ1v) is 9.71. The van der Waals surface area contributed by atoms with Gasteiger partial charge in [-0.25, -0.2) is 9.67 Å². The van der Waals surface area contributed by atoms with Crippen molar-refractivity contribution in [1.29, 1.82) is 0 Å². The zero-order chi connectivity index (χ0) is 19.1. The van der Waals surface area contributed by atoms with Gasteiger partial charge in [-0.15, -0.1) is 0 Å². The number of phenolic OH excluding ortho intramolecular Hbond substituents is 2. The molecule has 0 aliphatic heterocycles. The minimum absolute atomic E-state index is 0.130. The fourth-order valence-electron chi connectivity index (χ4n) is 3.18. The first kappa shape index (κ1) is 19.0. The number of hydrogen-bond acceptors (Lipinski definition) is 4. The Morgan fingerprint density at radius 3 is 2.44 bits per heavy atom. The quantitative estimate of drug-likeness (QED) is 0.401. The minimum Gasteiger partial charge on any atom is -0.504 e. The number of hydrogen-bond donors (Lipinski definition) is 2. The van der Waals surface area contributed by atoms with Crippen LogP contribution in [0.2, 0.25) is 0 Å². The molecule has 0 saturated heterocycles. The maximum absolute atomic E-state index is 9.88. The van der Waals surface area contributed by atoms with Gasteiger partial charge in [-0.1, -0.05) is 45.1 Å². The molecule has 3 rings (SSSR count). The molecule has 2 N–H and O–H groups in total. The van der Waals surface area contributed by atoms with Crippen molar-refractivity contribution in [3.05, 3.63) is 54.4 Å². The summed E-state index contributed by atoms with van der Waals surface area (Å²) >= 11 is 0. The van der Waals surface area contributed by atoms with E-state index in [-0.39, 0.29) is 11.5 Å². The van der Waals surface area contributed by atoms with Gasteiger partial charge < -0.3 is 10.2 Å². The summed E-state index contributed by atoms with van der Waals surface area (Å²) in [5, 5.41) is 24.2. The molecule has 3 aromatic rings. The Morgan fingerprint density at radius 2 is 1.70 bits per heavy atom. The molecule has 0 saturated carbocycles. The van der Waals surface area contributed by atoms with Crippen LogP contribution in [-0.2, 0) is 6.42 Å². The van der Waals surface area contributed by atoms with Gasteiger partial charge in [0.25, 0.3) is 0 Å². The van der Waals surface area contributed by atoms with Crippen molar-refractivity contribution >= 4 is 0 Å². The summed E-state index contributed by atoms with van der Waals surface area (Å²) in [5.74, 6) is 0.461. The molecule has 0 atom stereocenters. The minimum atomic E-state index is -0.140. The predicted octanol–water partition coefficient (Wildman–Crippen LogP) is 5.25. The largest absolute Gasteiger partial charge is 0.504 e. The number of phenols is 2. The molecule has 142 valence electrons. The molecule has 27 heavy (non-hydrogen) atoms. The van der Waals surface area contributed by atoms with Crippen LogP contribution in [0.1, 0.15) is 51.1 Å². The maximum Gasteiger partial charge on any atom is 0.158 e. The van der Waals surface area contributed by atoms with Gasteiger partial charge in [0.05, 0.1) is 11.4 Å². The Morgan fingerprint density at radius 1 is 0.889 bits per heavy atom. The van der Waals surface area contributed by atoms with Gasteiger partial charge >= 0.3 is 0 Å². The molecule has 0 radical (unpaired) electrons. The van der Waals surface area contributed by atoms with Crippen LogP contribution >= 0.6 is 0 Å². The molecule has 0 bridgehead atoms. The van der Waals surface area contributed by atoms with Crippen LogP contribution < -0.4 is 0 Å². The Bertz CT molecular complexity index is 859. The van der Waals surface area contributed by atoms with Gasteiger partial charge in [0.2, 0.25) is 0 Å². The second kappa shape index (κ2) is 9.21. The van der Waals surface area contributed by atoms with Gasteiger partial charge in [-0.2, -0.15) is 5.10 Å². The number of pyridine rings is 1. The standard InChI is InChI=1S/C22H27N3O2/c1-2-3-4-5-6-7-10-18-16-19(17-12-13-20(26)21(27)15-17)25(24-18)22-11-8-9-14-23-22/h8-9,11-16,26-27H,2-7,10H2,1H3. The Kier molecular flexibility index (Phi) is 6.47. The fourth-order valence-corrected chi connectivity index (χ4v) is 3.18. The van der Waals surface area contributed by atoms with Crippen molar-refractivity contribution in [3.8, 4) is 28.6 Å². The topological polar surface area (TPSA) is 71.2 Å². The highest BCUT2D eigenvalue weighted by atomic mass is 16.3. The lowest BCUT2D eigenvalue weighted by Crippen LogP contribution is -2.02. The van der Waals surface area contributed by atoms with Crippen LogP contribution in [-0.4, -0.2) is 25.0 Å². The number of benzene rings is 1.